The number of nitrogens with zero attached hydrogens (tertiary/aromatic N) is 4. The minimum absolute atomic E-state index is 0.142. The lowest BCUT2D eigenvalue weighted by Crippen LogP contribution is -2.29. The minimum atomic E-state index is -0.142. The number of imidazole rings is 1. The summed E-state index contributed by atoms with van der Waals surface area (Å²) >= 11 is 0. The van der Waals surface area contributed by atoms with Gasteiger partial charge in [-0.2, -0.15) is 0 Å². The van der Waals surface area contributed by atoms with Gasteiger partial charge in [-0.15, -0.1) is 0 Å². The first-order chi connectivity index (χ1) is 13.2. The molecule has 136 valence electrons. The van der Waals surface area contributed by atoms with Crippen LogP contribution in [0.2, 0.25) is 0 Å². The van der Waals surface area contributed by atoms with Gasteiger partial charge in [0.05, 0.1) is 17.4 Å². The van der Waals surface area contributed by atoms with Crippen molar-refractivity contribution in [3.05, 3.63) is 84.3 Å². The largest absolute Gasteiger partial charge is 0.446 e. The molecule has 4 aromatic rings. The van der Waals surface area contributed by atoms with E-state index in [2.05, 4.69) is 22.1 Å². The van der Waals surface area contributed by atoms with Gasteiger partial charge in [0.15, 0.2) is 5.69 Å². The van der Waals surface area contributed by atoms with Gasteiger partial charge < -0.3 is 13.9 Å². The summed E-state index contributed by atoms with van der Waals surface area (Å²) in [6, 6.07) is 18.0. The van der Waals surface area contributed by atoms with Crippen molar-refractivity contribution < 1.29 is 9.21 Å². The number of carbonyl (C=O) groups excluding carboxylic acids is 1. The molecule has 0 aliphatic carbocycles. The molecule has 2 aromatic heterocycles. The highest BCUT2D eigenvalue weighted by Crippen LogP contribution is 2.14. The van der Waals surface area contributed by atoms with E-state index in [0.29, 0.717) is 24.7 Å². The van der Waals surface area contributed by atoms with Crippen LogP contribution in [0.4, 0.5) is 0 Å². The van der Waals surface area contributed by atoms with Crippen molar-refractivity contribution in [3.8, 4) is 0 Å². The molecule has 2 aromatic carbocycles. The predicted molar refractivity (Wildman–Crippen MR) is 102 cm³/mol. The van der Waals surface area contributed by atoms with Crippen LogP contribution in [0.5, 0.6) is 0 Å². The van der Waals surface area contributed by atoms with E-state index in [4.69, 9.17) is 4.42 Å². The minimum Gasteiger partial charge on any atom is -0.446 e. The smallest absolute Gasteiger partial charge is 0.275 e. The molecule has 0 radical (unpaired) electrons. The van der Waals surface area contributed by atoms with Crippen LogP contribution in [0.1, 0.15) is 21.9 Å². The Hall–Kier alpha value is -3.41. The number of benzene rings is 2. The van der Waals surface area contributed by atoms with Gasteiger partial charge in [0.25, 0.3) is 5.91 Å². The summed E-state index contributed by atoms with van der Waals surface area (Å²) in [7, 11) is 1.78. The van der Waals surface area contributed by atoms with Gasteiger partial charge in [0.1, 0.15) is 12.8 Å². The molecule has 0 saturated heterocycles. The Morgan fingerprint density at radius 2 is 1.89 bits per heavy atom. The molecule has 4 rings (SSSR count). The van der Waals surface area contributed by atoms with Crippen LogP contribution in [0.15, 0.2) is 71.6 Å². The van der Waals surface area contributed by atoms with Crippen LogP contribution in [0, 0.1) is 0 Å². The molecule has 0 spiro atoms. The summed E-state index contributed by atoms with van der Waals surface area (Å²) < 4.78 is 7.47. The average Bonchev–Trinajstić information content (AvgIpc) is 3.34. The van der Waals surface area contributed by atoms with Crippen LogP contribution in [0.25, 0.3) is 11.0 Å². The molecule has 0 aliphatic heterocycles. The number of amides is 1. The van der Waals surface area contributed by atoms with Crippen molar-refractivity contribution in [2.75, 3.05) is 13.6 Å². The van der Waals surface area contributed by atoms with E-state index in [1.54, 1.807) is 18.3 Å². The highest BCUT2D eigenvalue weighted by molar-refractivity contribution is 5.91. The van der Waals surface area contributed by atoms with Crippen LogP contribution in [-0.2, 0) is 13.0 Å². The van der Waals surface area contributed by atoms with E-state index in [1.165, 1.54) is 11.8 Å². The third-order valence-electron chi connectivity index (χ3n) is 4.53. The molecule has 27 heavy (non-hydrogen) atoms. The number of likely N-dealkylation sites (N-methyl/N-ethyl adjacent to an activating group) is 1. The van der Waals surface area contributed by atoms with Crippen LogP contribution in [-0.4, -0.2) is 38.9 Å². The molecule has 0 aliphatic rings. The molecule has 6 nitrogen and oxygen atoms in total. The zero-order valence-electron chi connectivity index (χ0n) is 15.1. The second-order valence-electron chi connectivity index (χ2n) is 6.45. The summed E-state index contributed by atoms with van der Waals surface area (Å²) in [5, 5.41) is 0. The fourth-order valence-electron chi connectivity index (χ4n) is 3.00. The van der Waals surface area contributed by atoms with Crippen LogP contribution in [0.3, 0.4) is 0 Å². The van der Waals surface area contributed by atoms with E-state index in [1.807, 2.05) is 47.0 Å². The molecule has 0 saturated carbocycles. The summed E-state index contributed by atoms with van der Waals surface area (Å²) in [5.74, 6) is 0.342. The normalized spacial score (nSPS) is 11.0. The highest BCUT2D eigenvalue weighted by atomic mass is 16.3. The average molecular weight is 360 g/mol. The van der Waals surface area contributed by atoms with Crippen molar-refractivity contribution in [2.24, 2.45) is 0 Å². The molecular formula is C21H20N4O2. The van der Waals surface area contributed by atoms with Crippen molar-refractivity contribution in [2.45, 2.75) is 13.0 Å². The summed E-state index contributed by atoms with van der Waals surface area (Å²) in [5.41, 5.74) is 3.44. The maximum Gasteiger partial charge on any atom is 0.275 e. The van der Waals surface area contributed by atoms with Crippen LogP contribution < -0.4 is 0 Å². The molecule has 2 heterocycles. The van der Waals surface area contributed by atoms with Gasteiger partial charge in [0, 0.05) is 13.6 Å². The molecule has 0 bridgehead atoms. The van der Waals surface area contributed by atoms with Crippen molar-refractivity contribution in [1.29, 1.82) is 0 Å². The van der Waals surface area contributed by atoms with E-state index in [0.717, 1.165) is 17.5 Å². The molecule has 0 atom stereocenters. The standard InChI is InChI=1S/C21H20N4O2/c1-24(12-11-16-7-3-2-4-8-16)21(26)18-14-27-20(23-18)13-25-15-22-17-9-5-6-10-19(17)25/h2-10,14-15H,11-13H2,1H3. The van der Waals surface area contributed by atoms with Gasteiger partial charge in [-0.25, -0.2) is 9.97 Å². The van der Waals surface area contributed by atoms with Crippen molar-refractivity contribution in [1.82, 2.24) is 19.4 Å². The Kier molecular flexibility index (Phi) is 4.70. The first-order valence-electron chi connectivity index (χ1n) is 8.84. The molecule has 6 heteroatoms. The first-order valence-corrected chi connectivity index (χ1v) is 8.84. The second kappa shape index (κ2) is 7.45. The lowest BCUT2D eigenvalue weighted by atomic mass is 10.1. The Morgan fingerprint density at radius 1 is 1.11 bits per heavy atom. The number of hydrogen-bond donors (Lipinski definition) is 0. The van der Waals surface area contributed by atoms with Crippen molar-refractivity contribution in [3.63, 3.8) is 0 Å². The van der Waals surface area contributed by atoms with E-state index in [-0.39, 0.29) is 5.91 Å². The maximum absolute atomic E-state index is 12.6. The van der Waals surface area contributed by atoms with Gasteiger partial charge in [0.2, 0.25) is 5.89 Å². The van der Waals surface area contributed by atoms with Gasteiger partial charge >= 0.3 is 0 Å². The number of fused-ring (bicyclic) bond motifs is 1. The molecule has 0 unspecified atom stereocenters. The molecule has 0 fully saturated rings. The SMILES string of the molecule is CN(CCc1ccccc1)C(=O)c1coc(Cn2cnc3ccccc32)n1. The zero-order valence-corrected chi connectivity index (χ0v) is 15.1. The number of para-hydroxylation sites is 2. The number of oxazole rings is 1. The van der Waals surface area contributed by atoms with Crippen molar-refractivity contribution >= 4 is 16.9 Å². The maximum atomic E-state index is 12.6. The Bertz CT molecular complexity index is 1050. The summed E-state index contributed by atoms with van der Waals surface area (Å²) in [6.45, 7) is 1.05. The fraction of sp³-hybridized carbons (Fsp3) is 0.190. The Balaban J connectivity index is 1.41. The third-order valence-corrected chi connectivity index (χ3v) is 4.53. The topological polar surface area (TPSA) is 64.2 Å². The number of hydrogen-bond acceptors (Lipinski definition) is 4. The Morgan fingerprint density at radius 3 is 2.74 bits per heavy atom. The van der Waals surface area contributed by atoms with E-state index < -0.39 is 0 Å². The summed E-state index contributed by atoms with van der Waals surface area (Å²) in [6.07, 6.45) is 3.98. The number of rotatable bonds is 6. The number of aromatic nitrogens is 3. The zero-order chi connectivity index (χ0) is 18.6. The second-order valence-corrected chi connectivity index (χ2v) is 6.45. The molecule has 1 amide bonds. The first kappa shape index (κ1) is 17.0. The Labute approximate surface area is 157 Å². The highest BCUT2D eigenvalue weighted by Gasteiger charge is 2.17. The van der Waals surface area contributed by atoms with Gasteiger partial charge in [-0.3, -0.25) is 4.79 Å². The lowest BCUT2D eigenvalue weighted by Gasteiger charge is -2.15. The van der Waals surface area contributed by atoms with Gasteiger partial charge in [-0.1, -0.05) is 42.5 Å². The monoisotopic (exact) mass is 360 g/mol. The van der Waals surface area contributed by atoms with E-state index in [9.17, 15) is 4.79 Å². The lowest BCUT2D eigenvalue weighted by molar-refractivity contribution is 0.0791. The predicted octanol–water partition coefficient (Wildman–Crippen LogP) is 3.39. The van der Waals surface area contributed by atoms with Crippen LogP contribution >= 0.6 is 0 Å². The number of carbonyl (C=O) groups is 1. The van der Waals surface area contributed by atoms with E-state index >= 15 is 0 Å². The fourth-order valence-corrected chi connectivity index (χ4v) is 3.00. The quantitative estimate of drug-likeness (QED) is 0.529. The summed E-state index contributed by atoms with van der Waals surface area (Å²) in [4.78, 5) is 23.0. The molecule has 0 N–H and O–H groups in total. The third kappa shape index (κ3) is 3.74. The van der Waals surface area contributed by atoms with Gasteiger partial charge in [-0.05, 0) is 24.1 Å². The molecular weight excluding hydrogens is 340 g/mol.